The molecule has 0 unspecified atom stereocenters. The van der Waals surface area contributed by atoms with Crippen LogP contribution in [0.5, 0.6) is 0 Å². The van der Waals surface area contributed by atoms with Gasteiger partial charge < -0.3 is 4.42 Å². The summed E-state index contributed by atoms with van der Waals surface area (Å²) >= 11 is 1.62. The van der Waals surface area contributed by atoms with Gasteiger partial charge in [-0.25, -0.2) is 4.79 Å². The molecule has 32 heavy (non-hydrogen) atoms. The van der Waals surface area contributed by atoms with Gasteiger partial charge in [0, 0.05) is 4.88 Å². The Morgan fingerprint density at radius 2 is 1.72 bits per heavy atom. The number of hydrogen-bond donors (Lipinski definition) is 0. The van der Waals surface area contributed by atoms with E-state index in [1.54, 1.807) is 34.3 Å². The van der Waals surface area contributed by atoms with Crippen LogP contribution in [0.2, 0.25) is 0 Å². The van der Waals surface area contributed by atoms with E-state index in [2.05, 4.69) is 24.3 Å². The van der Waals surface area contributed by atoms with Crippen LogP contribution in [-0.4, -0.2) is 9.13 Å². The molecule has 0 fully saturated rings. The average Bonchev–Trinajstić information content (AvgIpc) is 3.47. The number of aromatic nitrogens is 2. The van der Waals surface area contributed by atoms with Gasteiger partial charge in [-0.3, -0.25) is 13.9 Å². The molecule has 3 aromatic heterocycles. The van der Waals surface area contributed by atoms with Crippen LogP contribution >= 0.6 is 11.3 Å². The standard InChI is InChI=1S/C26H22N2O3S/c29-24-23-21-12-3-4-13-22(21)32-25(23)28(26(30)27(24)16-19-10-6-14-31-19)15-18-9-5-8-17-7-1-2-11-20(17)18/h1-2,5-11,14H,3-4,12-13,15-16H2. The number of aryl methyl sites for hydroxylation is 2. The minimum Gasteiger partial charge on any atom is -0.467 e. The predicted octanol–water partition coefficient (Wildman–Crippen LogP) is 4.95. The Kier molecular flexibility index (Phi) is 4.61. The molecule has 0 saturated heterocycles. The maximum absolute atomic E-state index is 13.7. The molecule has 0 amide bonds. The smallest absolute Gasteiger partial charge is 0.332 e. The zero-order chi connectivity index (χ0) is 21.7. The molecule has 5 aromatic rings. The van der Waals surface area contributed by atoms with Crippen LogP contribution in [0.3, 0.4) is 0 Å². The topological polar surface area (TPSA) is 57.1 Å². The summed E-state index contributed by atoms with van der Waals surface area (Å²) in [5, 5.41) is 2.99. The lowest BCUT2D eigenvalue weighted by Crippen LogP contribution is -2.40. The Morgan fingerprint density at radius 1 is 0.875 bits per heavy atom. The Morgan fingerprint density at radius 3 is 2.59 bits per heavy atom. The number of benzene rings is 2. The van der Waals surface area contributed by atoms with E-state index in [0.717, 1.165) is 57.8 Å². The molecule has 6 heteroatoms. The first kappa shape index (κ1) is 19.3. The monoisotopic (exact) mass is 442 g/mol. The van der Waals surface area contributed by atoms with Gasteiger partial charge in [-0.1, -0.05) is 42.5 Å². The summed E-state index contributed by atoms with van der Waals surface area (Å²) in [5.74, 6) is 0.601. The Balaban J connectivity index is 1.62. The van der Waals surface area contributed by atoms with Gasteiger partial charge in [0.15, 0.2) is 0 Å². The number of nitrogens with zero attached hydrogens (tertiary/aromatic N) is 2. The van der Waals surface area contributed by atoms with Crippen molar-refractivity contribution in [3.8, 4) is 0 Å². The third-order valence-electron chi connectivity index (χ3n) is 6.42. The molecule has 1 aliphatic carbocycles. The Hall–Kier alpha value is -3.38. The molecule has 0 spiro atoms. The SMILES string of the molecule is O=c1c2c3c(sc2n(Cc2cccc4ccccc24)c(=O)n1Cc1ccco1)CCCC3. The van der Waals surface area contributed by atoms with Gasteiger partial charge in [-0.05, 0) is 59.7 Å². The summed E-state index contributed by atoms with van der Waals surface area (Å²) in [7, 11) is 0. The van der Waals surface area contributed by atoms with Crippen LogP contribution in [0, 0.1) is 0 Å². The molecule has 0 radical (unpaired) electrons. The molecule has 2 aromatic carbocycles. The Labute approximate surface area is 188 Å². The van der Waals surface area contributed by atoms with Crippen LogP contribution in [-0.2, 0) is 25.9 Å². The molecular formula is C26H22N2O3S. The average molecular weight is 443 g/mol. The Bertz CT molecular complexity index is 1570. The van der Waals surface area contributed by atoms with Crippen molar-refractivity contribution in [1.29, 1.82) is 0 Å². The number of thiophene rings is 1. The second-order valence-electron chi connectivity index (χ2n) is 8.37. The van der Waals surface area contributed by atoms with Crippen molar-refractivity contribution in [3.63, 3.8) is 0 Å². The molecule has 0 bridgehead atoms. The lowest BCUT2D eigenvalue weighted by Gasteiger charge is -2.14. The van der Waals surface area contributed by atoms with Crippen LogP contribution in [0.25, 0.3) is 21.0 Å². The van der Waals surface area contributed by atoms with Crippen molar-refractivity contribution in [2.75, 3.05) is 0 Å². The summed E-state index contributed by atoms with van der Waals surface area (Å²) in [6.45, 7) is 0.565. The zero-order valence-electron chi connectivity index (χ0n) is 17.5. The fourth-order valence-corrected chi connectivity index (χ4v) is 6.23. The fourth-order valence-electron chi connectivity index (χ4n) is 4.85. The van der Waals surface area contributed by atoms with E-state index >= 15 is 0 Å². The normalized spacial score (nSPS) is 13.6. The van der Waals surface area contributed by atoms with Crippen LogP contribution in [0.15, 0.2) is 74.9 Å². The van der Waals surface area contributed by atoms with Crippen molar-refractivity contribution < 1.29 is 4.42 Å². The molecule has 5 nitrogen and oxygen atoms in total. The second-order valence-corrected chi connectivity index (χ2v) is 9.45. The van der Waals surface area contributed by atoms with Crippen molar-refractivity contribution >= 4 is 32.3 Å². The van der Waals surface area contributed by atoms with E-state index < -0.39 is 0 Å². The van der Waals surface area contributed by atoms with Gasteiger partial charge in [0.2, 0.25) is 0 Å². The molecule has 3 heterocycles. The lowest BCUT2D eigenvalue weighted by atomic mass is 9.97. The molecule has 160 valence electrons. The van der Waals surface area contributed by atoms with Gasteiger partial charge >= 0.3 is 5.69 Å². The van der Waals surface area contributed by atoms with E-state index in [4.69, 9.17) is 4.42 Å². The van der Waals surface area contributed by atoms with Crippen molar-refractivity contribution in [2.24, 2.45) is 0 Å². The van der Waals surface area contributed by atoms with Crippen molar-refractivity contribution in [3.05, 3.63) is 103 Å². The van der Waals surface area contributed by atoms with E-state index in [-0.39, 0.29) is 17.8 Å². The van der Waals surface area contributed by atoms with Crippen molar-refractivity contribution in [1.82, 2.24) is 9.13 Å². The van der Waals surface area contributed by atoms with Gasteiger partial charge in [-0.2, -0.15) is 0 Å². The highest BCUT2D eigenvalue weighted by atomic mass is 32.1. The summed E-state index contributed by atoms with van der Waals surface area (Å²) in [6.07, 6.45) is 5.67. The minimum atomic E-state index is -0.287. The highest BCUT2D eigenvalue weighted by Crippen LogP contribution is 2.34. The third-order valence-corrected chi connectivity index (χ3v) is 7.74. The van der Waals surface area contributed by atoms with E-state index in [9.17, 15) is 9.59 Å². The molecule has 0 saturated carbocycles. The van der Waals surface area contributed by atoms with Crippen molar-refractivity contribution in [2.45, 2.75) is 38.8 Å². The molecule has 0 N–H and O–H groups in total. The van der Waals surface area contributed by atoms with Gasteiger partial charge in [0.1, 0.15) is 10.6 Å². The molecule has 0 aliphatic heterocycles. The summed E-state index contributed by atoms with van der Waals surface area (Å²) in [4.78, 5) is 29.3. The summed E-state index contributed by atoms with van der Waals surface area (Å²) in [6, 6.07) is 18.0. The summed E-state index contributed by atoms with van der Waals surface area (Å²) < 4.78 is 8.60. The van der Waals surface area contributed by atoms with Crippen LogP contribution in [0.4, 0.5) is 0 Å². The first-order chi connectivity index (χ1) is 15.7. The zero-order valence-corrected chi connectivity index (χ0v) is 18.4. The van der Waals surface area contributed by atoms with E-state index in [1.165, 1.54) is 9.44 Å². The molecule has 6 rings (SSSR count). The number of fused-ring (bicyclic) bond motifs is 4. The lowest BCUT2D eigenvalue weighted by molar-refractivity contribution is 0.479. The van der Waals surface area contributed by atoms with Crippen LogP contribution < -0.4 is 11.2 Å². The molecule has 1 aliphatic rings. The largest absolute Gasteiger partial charge is 0.467 e. The third kappa shape index (κ3) is 3.06. The van der Waals surface area contributed by atoms with Gasteiger partial charge in [-0.15, -0.1) is 11.3 Å². The fraction of sp³-hybridized carbons (Fsp3) is 0.231. The first-order valence-corrected chi connectivity index (χ1v) is 11.8. The second kappa shape index (κ2) is 7.64. The highest BCUT2D eigenvalue weighted by Gasteiger charge is 2.24. The number of rotatable bonds is 4. The van der Waals surface area contributed by atoms with Crippen LogP contribution in [0.1, 0.15) is 34.6 Å². The molecular weight excluding hydrogens is 420 g/mol. The minimum absolute atomic E-state index is 0.140. The number of hydrogen-bond acceptors (Lipinski definition) is 4. The number of furan rings is 1. The predicted molar refractivity (Wildman–Crippen MR) is 128 cm³/mol. The summed E-state index contributed by atoms with van der Waals surface area (Å²) in [5.41, 5.74) is 1.72. The van der Waals surface area contributed by atoms with Gasteiger partial charge in [0.25, 0.3) is 5.56 Å². The quantitative estimate of drug-likeness (QED) is 0.396. The maximum Gasteiger partial charge on any atom is 0.332 e. The first-order valence-electron chi connectivity index (χ1n) is 11.0. The van der Waals surface area contributed by atoms with E-state index in [0.29, 0.717) is 12.3 Å². The maximum atomic E-state index is 13.7. The van der Waals surface area contributed by atoms with E-state index in [1.807, 2.05) is 18.2 Å². The molecule has 0 atom stereocenters. The highest BCUT2D eigenvalue weighted by molar-refractivity contribution is 7.18. The van der Waals surface area contributed by atoms with Gasteiger partial charge in [0.05, 0.1) is 24.7 Å².